The van der Waals surface area contributed by atoms with E-state index >= 15 is 0 Å². The van der Waals surface area contributed by atoms with Crippen molar-refractivity contribution in [2.45, 2.75) is 32.9 Å². The first kappa shape index (κ1) is 16.0. The van der Waals surface area contributed by atoms with E-state index in [9.17, 15) is 13.2 Å². The monoisotopic (exact) mass is 255 g/mol. The maximum atomic E-state index is 12.0. The molecule has 0 atom stereocenters. The second-order valence-electron chi connectivity index (χ2n) is 4.83. The zero-order chi connectivity index (χ0) is 13.7. The van der Waals surface area contributed by atoms with Crippen LogP contribution < -0.4 is 5.73 Å². The third-order valence-electron chi connectivity index (χ3n) is 2.59. The van der Waals surface area contributed by atoms with E-state index in [0.717, 1.165) is 0 Å². The lowest BCUT2D eigenvalue weighted by molar-refractivity contribution is -0.143. The molecule has 3 N–H and O–H groups in total. The van der Waals surface area contributed by atoms with Gasteiger partial charge < -0.3 is 10.9 Å². The van der Waals surface area contributed by atoms with Crippen LogP contribution in [0, 0.1) is 5.41 Å². The minimum absolute atomic E-state index is 0.0935. The Morgan fingerprint density at radius 3 is 2.29 bits per heavy atom. The fourth-order valence-electron chi connectivity index (χ4n) is 1.44. The lowest BCUT2D eigenvalue weighted by Gasteiger charge is -2.24. The smallest absolute Gasteiger partial charge is 0.401 e. The molecule has 4 nitrogen and oxygen atoms in total. The highest BCUT2D eigenvalue weighted by Gasteiger charge is 2.29. The van der Waals surface area contributed by atoms with Crippen molar-refractivity contribution in [2.24, 2.45) is 16.3 Å². The molecule has 0 spiro atoms. The Hall–Kier alpha value is -0.980. The van der Waals surface area contributed by atoms with Gasteiger partial charge in [-0.25, -0.2) is 0 Å². The summed E-state index contributed by atoms with van der Waals surface area (Å²) in [6.07, 6.45) is -3.06. The molecule has 0 aromatic heterocycles. The Balaban J connectivity index is 4.00. The fraction of sp³-hybridized carbons (Fsp3) is 0.900. The maximum Gasteiger partial charge on any atom is 0.401 e. The van der Waals surface area contributed by atoms with Gasteiger partial charge in [-0.15, -0.1) is 0 Å². The highest BCUT2D eigenvalue weighted by Crippen LogP contribution is 2.23. The van der Waals surface area contributed by atoms with Crippen molar-refractivity contribution in [3.63, 3.8) is 0 Å². The Bertz CT molecular complexity index is 264. The number of rotatable bonds is 6. The quantitative estimate of drug-likeness (QED) is 0.330. The number of amidine groups is 1. The summed E-state index contributed by atoms with van der Waals surface area (Å²) in [5, 5.41) is 11.5. The van der Waals surface area contributed by atoms with E-state index in [1.54, 1.807) is 13.8 Å². The van der Waals surface area contributed by atoms with Gasteiger partial charge in [0.05, 0.1) is 6.54 Å². The summed E-state index contributed by atoms with van der Waals surface area (Å²) in [6, 6.07) is 0. The first-order chi connectivity index (χ1) is 7.58. The van der Waals surface area contributed by atoms with E-state index in [0.29, 0.717) is 19.4 Å². The molecular weight excluding hydrogens is 235 g/mol. The molecule has 0 aliphatic heterocycles. The molecule has 0 amide bonds. The second-order valence-corrected chi connectivity index (χ2v) is 4.83. The number of hydrogen-bond acceptors (Lipinski definition) is 3. The van der Waals surface area contributed by atoms with E-state index < -0.39 is 18.1 Å². The zero-order valence-electron chi connectivity index (χ0n) is 10.4. The van der Waals surface area contributed by atoms with Crippen LogP contribution in [0.4, 0.5) is 13.2 Å². The van der Waals surface area contributed by atoms with E-state index in [-0.39, 0.29) is 5.84 Å². The van der Waals surface area contributed by atoms with Gasteiger partial charge in [0.15, 0.2) is 0 Å². The number of nitrogens with two attached hydrogens (primary N) is 1. The molecule has 7 heteroatoms. The molecule has 0 unspecified atom stereocenters. The van der Waals surface area contributed by atoms with Crippen molar-refractivity contribution >= 4 is 5.84 Å². The molecule has 0 radical (unpaired) electrons. The van der Waals surface area contributed by atoms with E-state index in [1.165, 1.54) is 11.9 Å². The SMILES string of the molecule is CN(CCCC(C)(C)C(N)=NO)CC(F)(F)F. The Kier molecular flexibility index (Phi) is 5.74. The van der Waals surface area contributed by atoms with Crippen molar-refractivity contribution < 1.29 is 18.4 Å². The maximum absolute atomic E-state index is 12.0. The van der Waals surface area contributed by atoms with Gasteiger partial charge in [0.25, 0.3) is 0 Å². The van der Waals surface area contributed by atoms with Crippen molar-refractivity contribution in [2.75, 3.05) is 20.1 Å². The standard InChI is InChI=1S/C10H20F3N3O/c1-9(2,8(14)15-17)5-4-6-16(3)7-10(11,12)13/h17H,4-7H2,1-3H3,(H2,14,15). The molecule has 0 heterocycles. The van der Waals surface area contributed by atoms with Gasteiger partial charge in [-0.05, 0) is 26.4 Å². The molecule has 102 valence electrons. The first-order valence-electron chi connectivity index (χ1n) is 5.32. The van der Waals surface area contributed by atoms with Crippen LogP contribution in [0.5, 0.6) is 0 Å². The summed E-state index contributed by atoms with van der Waals surface area (Å²) < 4.78 is 36.1. The van der Waals surface area contributed by atoms with Crippen LogP contribution in [-0.4, -0.2) is 42.3 Å². The van der Waals surface area contributed by atoms with Gasteiger partial charge in [0.1, 0.15) is 5.84 Å². The van der Waals surface area contributed by atoms with Crippen LogP contribution in [0.25, 0.3) is 0 Å². The number of hydrogen-bond donors (Lipinski definition) is 2. The molecule has 0 aromatic rings. The average Bonchev–Trinajstić information content (AvgIpc) is 2.13. The lowest BCUT2D eigenvalue weighted by Crippen LogP contribution is -2.34. The van der Waals surface area contributed by atoms with Crippen molar-refractivity contribution in [1.29, 1.82) is 0 Å². The third-order valence-corrected chi connectivity index (χ3v) is 2.59. The van der Waals surface area contributed by atoms with Crippen LogP contribution in [0.3, 0.4) is 0 Å². The summed E-state index contributed by atoms with van der Waals surface area (Å²) in [6.45, 7) is 2.97. The zero-order valence-corrected chi connectivity index (χ0v) is 10.4. The molecule has 0 fully saturated rings. The van der Waals surface area contributed by atoms with E-state index in [1.807, 2.05) is 0 Å². The third kappa shape index (κ3) is 7.04. The summed E-state index contributed by atoms with van der Waals surface area (Å²) in [4.78, 5) is 1.21. The number of nitrogens with zero attached hydrogens (tertiary/aromatic N) is 2. The molecule has 0 aromatic carbocycles. The molecule has 0 saturated carbocycles. The van der Waals surface area contributed by atoms with Crippen molar-refractivity contribution in [3.05, 3.63) is 0 Å². The summed E-state index contributed by atoms with van der Waals surface area (Å²) in [5.74, 6) is 0.0935. The molecule has 0 bridgehead atoms. The topological polar surface area (TPSA) is 61.8 Å². The summed E-state index contributed by atoms with van der Waals surface area (Å²) in [5.41, 5.74) is 4.97. The van der Waals surface area contributed by atoms with Gasteiger partial charge in [-0.1, -0.05) is 19.0 Å². The number of oxime groups is 1. The Labute approximate surface area is 99.3 Å². The fourth-order valence-corrected chi connectivity index (χ4v) is 1.44. The van der Waals surface area contributed by atoms with Crippen LogP contribution in [-0.2, 0) is 0 Å². The normalized spacial score (nSPS) is 14.4. The Morgan fingerprint density at radius 1 is 1.35 bits per heavy atom. The molecule has 17 heavy (non-hydrogen) atoms. The van der Waals surface area contributed by atoms with E-state index in [4.69, 9.17) is 10.9 Å². The van der Waals surface area contributed by atoms with Gasteiger partial charge in [-0.2, -0.15) is 13.2 Å². The minimum atomic E-state index is -4.17. The summed E-state index contributed by atoms with van der Waals surface area (Å²) in [7, 11) is 1.42. The predicted octanol–water partition coefficient (Wildman–Crippen LogP) is 2.03. The number of halogens is 3. The van der Waals surface area contributed by atoms with Crippen LogP contribution in [0.15, 0.2) is 5.16 Å². The van der Waals surface area contributed by atoms with Gasteiger partial charge in [0, 0.05) is 5.41 Å². The molecule has 0 saturated heterocycles. The second kappa shape index (κ2) is 6.09. The van der Waals surface area contributed by atoms with Crippen LogP contribution in [0.1, 0.15) is 26.7 Å². The number of alkyl halides is 3. The Morgan fingerprint density at radius 2 is 1.88 bits per heavy atom. The van der Waals surface area contributed by atoms with Gasteiger partial charge in [-0.3, -0.25) is 4.90 Å². The first-order valence-corrected chi connectivity index (χ1v) is 5.32. The van der Waals surface area contributed by atoms with Crippen LogP contribution in [0.2, 0.25) is 0 Å². The average molecular weight is 255 g/mol. The molecule has 0 aliphatic carbocycles. The highest BCUT2D eigenvalue weighted by atomic mass is 19.4. The highest BCUT2D eigenvalue weighted by molar-refractivity contribution is 5.85. The van der Waals surface area contributed by atoms with Crippen molar-refractivity contribution in [1.82, 2.24) is 4.90 Å². The van der Waals surface area contributed by atoms with Crippen LogP contribution >= 0.6 is 0 Å². The van der Waals surface area contributed by atoms with Gasteiger partial charge >= 0.3 is 6.18 Å². The molecule has 0 aliphatic rings. The van der Waals surface area contributed by atoms with Crippen molar-refractivity contribution in [3.8, 4) is 0 Å². The summed E-state index contributed by atoms with van der Waals surface area (Å²) >= 11 is 0. The largest absolute Gasteiger partial charge is 0.409 e. The molecule has 0 rings (SSSR count). The lowest BCUT2D eigenvalue weighted by atomic mass is 9.86. The predicted molar refractivity (Wildman–Crippen MR) is 60.0 cm³/mol. The van der Waals surface area contributed by atoms with E-state index in [2.05, 4.69) is 5.16 Å². The van der Waals surface area contributed by atoms with Gasteiger partial charge in [0.2, 0.25) is 0 Å². The molecular formula is C10H20F3N3O. The minimum Gasteiger partial charge on any atom is -0.409 e.